The lowest BCUT2D eigenvalue weighted by atomic mass is 10.1. The van der Waals surface area contributed by atoms with E-state index in [0.29, 0.717) is 28.5 Å². The molecule has 3 rings (SSSR count). The Morgan fingerprint density at radius 3 is 2.22 bits per heavy atom. The van der Waals surface area contributed by atoms with E-state index < -0.39 is 0 Å². The molecule has 3 aromatic rings. The van der Waals surface area contributed by atoms with Crippen molar-refractivity contribution in [2.75, 3.05) is 17.7 Å². The number of rotatable bonds is 5. The van der Waals surface area contributed by atoms with Crippen molar-refractivity contribution in [1.29, 1.82) is 0 Å². The zero-order valence-electron chi connectivity index (χ0n) is 14.9. The number of ether oxygens (including phenoxy) is 1. The highest BCUT2D eigenvalue weighted by Gasteiger charge is 2.09. The summed E-state index contributed by atoms with van der Waals surface area (Å²) in [7, 11) is 1.55. The third-order valence-corrected chi connectivity index (χ3v) is 3.73. The minimum Gasteiger partial charge on any atom is -0.481 e. The molecule has 1 aromatic carbocycles. The molecule has 0 atom stereocenters. The maximum absolute atomic E-state index is 12.5. The Hall–Kier alpha value is -3.74. The summed E-state index contributed by atoms with van der Waals surface area (Å²) < 4.78 is 5.04. The molecular weight excluding hydrogens is 344 g/mol. The summed E-state index contributed by atoms with van der Waals surface area (Å²) >= 11 is 0. The predicted octanol–water partition coefficient (Wildman–Crippen LogP) is 3.36. The van der Waals surface area contributed by atoms with Gasteiger partial charge in [-0.05, 0) is 42.5 Å². The lowest BCUT2D eigenvalue weighted by molar-refractivity contribution is -0.114. The van der Waals surface area contributed by atoms with Gasteiger partial charge in [0.15, 0.2) is 0 Å². The molecule has 136 valence electrons. The van der Waals surface area contributed by atoms with Crippen LogP contribution in [0.25, 0.3) is 11.3 Å². The Morgan fingerprint density at radius 1 is 0.926 bits per heavy atom. The molecule has 0 aliphatic rings. The second-order valence-electron chi connectivity index (χ2n) is 5.73. The van der Waals surface area contributed by atoms with Crippen molar-refractivity contribution in [3.63, 3.8) is 0 Å². The van der Waals surface area contributed by atoms with Gasteiger partial charge in [-0.3, -0.25) is 14.6 Å². The summed E-state index contributed by atoms with van der Waals surface area (Å²) in [4.78, 5) is 32.0. The molecule has 2 N–H and O–H groups in total. The summed E-state index contributed by atoms with van der Waals surface area (Å²) in [5.74, 6) is 0.104. The molecule has 0 saturated carbocycles. The van der Waals surface area contributed by atoms with Gasteiger partial charge in [0, 0.05) is 47.9 Å². The topological polar surface area (TPSA) is 93.2 Å². The third kappa shape index (κ3) is 4.66. The number of amides is 2. The molecule has 0 aliphatic carbocycles. The van der Waals surface area contributed by atoms with Gasteiger partial charge in [-0.1, -0.05) is 0 Å². The average Bonchev–Trinajstić information content (AvgIpc) is 2.69. The first-order chi connectivity index (χ1) is 13.0. The number of pyridine rings is 2. The van der Waals surface area contributed by atoms with Crippen LogP contribution in [0, 0.1) is 0 Å². The van der Waals surface area contributed by atoms with E-state index in [0.717, 1.165) is 5.56 Å². The van der Waals surface area contributed by atoms with Crippen molar-refractivity contribution in [2.45, 2.75) is 6.92 Å². The Labute approximate surface area is 156 Å². The average molecular weight is 362 g/mol. The van der Waals surface area contributed by atoms with Crippen molar-refractivity contribution < 1.29 is 14.3 Å². The highest BCUT2D eigenvalue weighted by Crippen LogP contribution is 2.20. The zero-order valence-corrected chi connectivity index (χ0v) is 14.9. The van der Waals surface area contributed by atoms with Crippen molar-refractivity contribution in [3.8, 4) is 17.1 Å². The Bertz CT molecular complexity index is 954. The van der Waals surface area contributed by atoms with Crippen LogP contribution >= 0.6 is 0 Å². The molecule has 0 spiro atoms. The highest BCUT2D eigenvalue weighted by atomic mass is 16.5. The fraction of sp³-hybridized carbons (Fsp3) is 0.100. The van der Waals surface area contributed by atoms with E-state index >= 15 is 0 Å². The molecule has 0 aliphatic heterocycles. The number of methoxy groups -OCH3 is 1. The van der Waals surface area contributed by atoms with Crippen LogP contribution in [0.15, 0.2) is 60.9 Å². The van der Waals surface area contributed by atoms with Crippen LogP contribution < -0.4 is 15.4 Å². The van der Waals surface area contributed by atoms with Crippen LogP contribution in [0.3, 0.4) is 0 Å². The van der Waals surface area contributed by atoms with Crippen molar-refractivity contribution in [3.05, 3.63) is 66.5 Å². The SMILES string of the molecule is COc1ccc(-c2cc(C(=O)Nc3ccc(NC(C)=O)cc3)ccn2)cn1. The summed E-state index contributed by atoms with van der Waals surface area (Å²) in [5.41, 5.74) is 3.18. The van der Waals surface area contributed by atoms with Crippen molar-refractivity contribution in [1.82, 2.24) is 9.97 Å². The number of carbonyl (C=O) groups excluding carboxylic acids is 2. The molecule has 7 heteroatoms. The Morgan fingerprint density at radius 2 is 1.63 bits per heavy atom. The number of aromatic nitrogens is 2. The maximum atomic E-state index is 12.5. The van der Waals surface area contributed by atoms with E-state index in [1.54, 1.807) is 62.0 Å². The van der Waals surface area contributed by atoms with Gasteiger partial charge < -0.3 is 15.4 Å². The van der Waals surface area contributed by atoms with Crippen molar-refractivity contribution >= 4 is 23.2 Å². The number of anilines is 2. The van der Waals surface area contributed by atoms with Gasteiger partial charge in [-0.2, -0.15) is 0 Å². The van der Waals surface area contributed by atoms with Crippen molar-refractivity contribution in [2.24, 2.45) is 0 Å². The van der Waals surface area contributed by atoms with E-state index in [1.165, 1.54) is 6.92 Å². The molecule has 0 bridgehead atoms. The van der Waals surface area contributed by atoms with E-state index in [1.807, 2.05) is 6.07 Å². The van der Waals surface area contributed by atoms with Gasteiger partial charge in [-0.25, -0.2) is 4.98 Å². The van der Waals surface area contributed by atoms with Crippen LogP contribution in [-0.4, -0.2) is 28.9 Å². The van der Waals surface area contributed by atoms with E-state index in [-0.39, 0.29) is 11.8 Å². The van der Waals surface area contributed by atoms with Gasteiger partial charge in [-0.15, -0.1) is 0 Å². The van der Waals surface area contributed by atoms with Gasteiger partial charge in [0.2, 0.25) is 11.8 Å². The van der Waals surface area contributed by atoms with E-state index in [4.69, 9.17) is 4.74 Å². The summed E-state index contributed by atoms with van der Waals surface area (Å²) in [6.45, 7) is 1.44. The lowest BCUT2D eigenvalue weighted by Crippen LogP contribution is -2.12. The van der Waals surface area contributed by atoms with Gasteiger partial charge in [0.25, 0.3) is 5.91 Å². The molecule has 2 heterocycles. The van der Waals surface area contributed by atoms with Gasteiger partial charge >= 0.3 is 0 Å². The summed E-state index contributed by atoms with van der Waals surface area (Å²) in [6, 6.07) is 13.8. The molecule has 0 unspecified atom stereocenters. The Kier molecular flexibility index (Phi) is 5.41. The molecule has 0 radical (unpaired) electrons. The predicted molar refractivity (Wildman–Crippen MR) is 103 cm³/mol. The second-order valence-corrected chi connectivity index (χ2v) is 5.73. The first kappa shape index (κ1) is 18.1. The lowest BCUT2D eigenvalue weighted by Gasteiger charge is -2.08. The van der Waals surface area contributed by atoms with Gasteiger partial charge in [0.05, 0.1) is 12.8 Å². The van der Waals surface area contributed by atoms with Crippen LogP contribution in [0.4, 0.5) is 11.4 Å². The minimum absolute atomic E-state index is 0.149. The van der Waals surface area contributed by atoms with Crippen LogP contribution in [0.1, 0.15) is 17.3 Å². The Balaban J connectivity index is 1.74. The van der Waals surface area contributed by atoms with E-state index in [9.17, 15) is 9.59 Å². The fourth-order valence-corrected chi connectivity index (χ4v) is 2.43. The van der Waals surface area contributed by atoms with Crippen LogP contribution in [0.2, 0.25) is 0 Å². The molecule has 0 saturated heterocycles. The zero-order chi connectivity index (χ0) is 19.2. The van der Waals surface area contributed by atoms with Gasteiger partial charge in [0.1, 0.15) is 0 Å². The smallest absolute Gasteiger partial charge is 0.255 e. The molecule has 2 aromatic heterocycles. The first-order valence-corrected chi connectivity index (χ1v) is 8.20. The first-order valence-electron chi connectivity index (χ1n) is 8.20. The van der Waals surface area contributed by atoms with Crippen LogP contribution in [0.5, 0.6) is 5.88 Å². The molecular formula is C20H18N4O3. The largest absolute Gasteiger partial charge is 0.481 e. The number of benzene rings is 1. The van der Waals surface area contributed by atoms with E-state index in [2.05, 4.69) is 20.6 Å². The third-order valence-electron chi connectivity index (χ3n) is 3.73. The molecule has 27 heavy (non-hydrogen) atoms. The quantitative estimate of drug-likeness (QED) is 0.726. The molecule has 0 fully saturated rings. The summed E-state index contributed by atoms with van der Waals surface area (Å²) in [6.07, 6.45) is 3.22. The molecule has 7 nitrogen and oxygen atoms in total. The fourth-order valence-electron chi connectivity index (χ4n) is 2.43. The normalized spacial score (nSPS) is 10.1. The van der Waals surface area contributed by atoms with Crippen LogP contribution in [-0.2, 0) is 4.79 Å². The number of hydrogen-bond acceptors (Lipinski definition) is 5. The maximum Gasteiger partial charge on any atom is 0.255 e. The monoisotopic (exact) mass is 362 g/mol. The second kappa shape index (κ2) is 8.09. The summed E-state index contributed by atoms with van der Waals surface area (Å²) in [5, 5.41) is 5.50. The number of nitrogens with one attached hydrogen (secondary N) is 2. The number of carbonyl (C=O) groups is 2. The number of nitrogens with zero attached hydrogens (tertiary/aromatic N) is 2. The number of hydrogen-bond donors (Lipinski definition) is 2. The highest BCUT2D eigenvalue weighted by molar-refractivity contribution is 6.04. The molecule has 2 amide bonds. The standard InChI is InChI=1S/C20H18N4O3/c1-13(25)23-16-4-6-17(7-5-16)24-20(26)14-9-10-21-18(11-14)15-3-8-19(27-2)22-12-15/h3-12H,1-2H3,(H,23,25)(H,24,26). The minimum atomic E-state index is -0.257.